The molecule has 0 spiro atoms. The monoisotopic (exact) mass is 533 g/mol. The molecule has 5 rings (SSSR count). The number of nitrogens with one attached hydrogen (secondary N) is 1. The van der Waals surface area contributed by atoms with Crippen LogP contribution in [-0.2, 0) is 12.8 Å². The maximum atomic E-state index is 15.7. The molecule has 1 aliphatic carbocycles. The van der Waals surface area contributed by atoms with Crippen LogP contribution in [0.2, 0.25) is 0 Å². The van der Waals surface area contributed by atoms with Gasteiger partial charge in [-0.2, -0.15) is 18.3 Å². The maximum Gasteiger partial charge on any atom is 0.422 e. The Morgan fingerprint density at radius 1 is 1.13 bits per heavy atom. The number of carbonyl (C=O) groups excluding carboxylic acids is 1. The van der Waals surface area contributed by atoms with Crippen LogP contribution in [0, 0.1) is 0 Å². The number of alkyl halides is 4. The first-order valence-corrected chi connectivity index (χ1v) is 13.0. The molecule has 0 bridgehead atoms. The smallest absolute Gasteiger partial charge is 0.422 e. The zero-order valence-corrected chi connectivity index (χ0v) is 21.0. The van der Waals surface area contributed by atoms with Crippen molar-refractivity contribution >= 4 is 11.4 Å². The van der Waals surface area contributed by atoms with E-state index in [0.29, 0.717) is 63.6 Å². The standard InChI is InChI=1S/C27H31F4N5O2/c28-26(10-5-20(6-11-26)33-25(37)21-2-1-14-36-23(21)7-13-32-36)12-17-35-15-8-19-3-4-24(34-22(19)9-16-35)38-18-27(29,30)31/h1-4,7,13-14,20H,5-6,8-12,15-18H2,(H,33,37)/t20-,26+. The lowest BCUT2D eigenvalue weighted by molar-refractivity contribution is -0.154. The van der Waals surface area contributed by atoms with Crippen LogP contribution in [0.1, 0.15) is 53.7 Å². The summed E-state index contributed by atoms with van der Waals surface area (Å²) < 4.78 is 59.4. The van der Waals surface area contributed by atoms with Crippen LogP contribution in [0.3, 0.4) is 0 Å². The highest BCUT2D eigenvalue weighted by Crippen LogP contribution is 2.35. The first-order chi connectivity index (χ1) is 18.2. The van der Waals surface area contributed by atoms with Gasteiger partial charge in [-0.25, -0.2) is 13.9 Å². The molecule has 1 aliphatic heterocycles. The van der Waals surface area contributed by atoms with Gasteiger partial charge in [0.15, 0.2) is 6.61 Å². The first kappa shape index (κ1) is 26.4. The maximum absolute atomic E-state index is 15.7. The van der Waals surface area contributed by atoms with Gasteiger partial charge < -0.3 is 15.0 Å². The van der Waals surface area contributed by atoms with Crippen molar-refractivity contribution in [3.63, 3.8) is 0 Å². The topological polar surface area (TPSA) is 71.8 Å². The number of hydrogen-bond acceptors (Lipinski definition) is 5. The molecule has 1 saturated carbocycles. The van der Waals surface area contributed by atoms with E-state index in [9.17, 15) is 18.0 Å². The molecule has 0 atom stereocenters. The Hall–Kier alpha value is -3.21. The number of fused-ring (bicyclic) bond motifs is 2. The molecule has 204 valence electrons. The second-order valence-corrected chi connectivity index (χ2v) is 10.2. The number of halogens is 4. The second-order valence-electron chi connectivity index (χ2n) is 10.2. The highest BCUT2D eigenvalue weighted by molar-refractivity contribution is 6.00. The van der Waals surface area contributed by atoms with Crippen molar-refractivity contribution in [2.45, 2.75) is 62.8 Å². The Kier molecular flexibility index (Phi) is 7.56. The molecule has 2 aliphatic rings. The second kappa shape index (κ2) is 10.9. The van der Waals surface area contributed by atoms with Gasteiger partial charge in [0.2, 0.25) is 5.88 Å². The van der Waals surface area contributed by atoms with Crippen molar-refractivity contribution in [2.24, 2.45) is 0 Å². The Balaban J connectivity index is 1.08. The summed E-state index contributed by atoms with van der Waals surface area (Å²) in [5, 5.41) is 7.22. The summed E-state index contributed by atoms with van der Waals surface area (Å²) in [4.78, 5) is 19.3. The molecule has 0 saturated heterocycles. The third kappa shape index (κ3) is 6.43. The fourth-order valence-corrected chi connectivity index (χ4v) is 5.36. The van der Waals surface area contributed by atoms with Crippen LogP contribution in [0.5, 0.6) is 5.88 Å². The minimum atomic E-state index is -4.41. The van der Waals surface area contributed by atoms with E-state index in [4.69, 9.17) is 4.74 Å². The van der Waals surface area contributed by atoms with Gasteiger partial charge in [-0.15, -0.1) is 0 Å². The normalized spacial score (nSPS) is 22.6. The van der Waals surface area contributed by atoms with Gasteiger partial charge in [0.05, 0.1) is 17.3 Å². The van der Waals surface area contributed by atoms with E-state index in [1.165, 1.54) is 6.07 Å². The zero-order chi connectivity index (χ0) is 26.8. The zero-order valence-electron chi connectivity index (χ0n) is 21.0. The molecule has 0 radical (unpaired) electrons. The number of amides is 1. The Bertz CT molecular complexity index is 1270. The molecule has 1 N–H and O–H groups in total. The van der Waals surface area contributed by atoms with Crippen molar-refractivity contribution in [1.82, 2.24) is 24.8 Å². The Labute approximate surface area is 218 Å². The van der Waals surface area contributed by atoms with E-state index in [1.807, 2.05) is 0 Å². The van der Waals surface area contributed by atoms with Gasteiger partial charge in [-0.3, -0.25) is 4.79 Å². The van der Waals surface area contributed by atoms with Gasteiger partial charge >= 0.3 is 6.18 Å². The fraction of sp³-hybridized carbons (Fsp3) is 0.519. The summed E-state index contributed by atoms with van der Waals surface area (Å²) in [5.74, 6) is -0.194. The number of aromatic nitrogens is 3. The molecule has 0 unspecified atom stereocenters. The molecule has 4 heterocycles. The molecule has 1 fully saturated rings. The number of hydrogen-bond donors (Lipinski definition) is 1. The molecule has 11 heteroatoms. The average Bonchev–Trinajstić information content (AvgIpc) is 3.28. The van der Waals surface area contributed by atoms with Gasteiger partial charge in [0.25, 0.3) is 5.91 Å². The van der Waals surface area contributed by atoms with Crippen LogP contribution < -0.4 is 10.1 Å². The van der Waals surface area contributed by atoms with Gasteiger partial charge in [0.1, 0.15) is 5.67 Å². The number of rotatable bonds is 7. The van der Waals surface area contributed by atoms with Gasteiger partial charge in [-0.1, -0.05) is 6.07 Å². The van der Waals surface area contributed by atoms with Crippen molar-refractivity contribution in [1.29, 1.82) is 0 Å². The average molecular weight is 534 g/mol. The van der Waals surface area contributed by atoms with Crippen LogP contribution >= 0.6 is 0 Å². The Morgan fingerprint density at radius 2 is 1.92 bits per heavy atom. The quantitative estimate of drug-likeness (QED) is 0.452. The molecule has 0 aromatic carbocycles. The largest absolute Gasteiger partial charge is 0.468 e. The molecule has 1 amide bonds. The third-order valence-corrected chi connectivity index (χ3v) is 7.56. The number of nitrogens with zero attached hydrogens (tertiary/aromatic N) is 4. The van der Waals surface area contributed by atoms with E-state index in [-0.39, 0.29) is 17.8 Å². The summed E-state index contributed by atoms with van der Waals surface area (Å²) in [6, 6.07) is 8.52. The predicted octanol–water partition coefficient (Wildman–Crippen LogP) is 4.54. The summed E-state index contributed by atoms with van der Waals surface area (Å²) in [6.07, 6.45) is 2.67. The van der Waals surface area contributed by atoms with Crippen LogP contribution in [-0.4, -0.2) is 69.5 Å². The van der Waals surface area contributed by atoms with E-state index < -0.39 is 18.5 Å². The van der Waals surface area contributed by atoms with Crippen molar-refractivity contribution in [3.8, 4) is 5.88 Å². The lowest BCUT2D eigenvalue weighted by Gasteiger charge is -2.35. The van der Waals surface area contributed by atoms with Crippen molar-refractivity contribution in [2.75, 3.05) is 26.2 Å². The molecule has 7 nitrogen and oxygen atoms in total. The number of ether oxygens (including phenoxy) is 1. The highest BCUT2D eigenvalue weighted by atomic mass is 19.4. The number of carbonyl (C=O) groups is 1. The molecular formula is C27H31F4N5O2. The van der Waals surface area contributed by atoms with E-state index in [1.54, 1.807) is 41.2 Å². The van der Waals surface area contributed by atoms with Crippen LogP contribution in [0.25, 0.3) is 5.52 Å². The molecular weight excluding hydrogens is 502 g/mol. The minimum Gasteiger partial charge on any atom is -0.468 e. The summed E-state index contributed by atoms with van der Waals surface area (Å²) >= 11 is 0. The summed E-state index contributed by atoms with van der Waals surface area (Å²) in [7, 11) is 0. The first-order valence-electron chi connectivity index (χ1n) is 13.0. The van der Waals surface area contributed by atoms with E-state index in [2.05, 4.69) is 20.3 Å². The number of pyridine rings is 2. The van der Waals surface area contributed by atoms with Gasteiger partial charge in [-0.05, 0) is 62.3 Å². The van der Waals surface area contributed by atoms with Crippen LogP contribution in [0.15, 0.2) is 42.7 Å². The fourth-order valence-electron chi connectivity index (χ4n) is 5.36. The lowest BCUT2D eigenvalue weighted by atomic mass is 9.81. The van der Waals surface area contributed by atoms with Crippen molar-refractivity contribution < 1.29 is 27.1 Å². The van der Waals surface area contributed by atoms with Crippen molar-refractivity contribution in [3.05, 3.63) is 59.5 Å². The van der Waals surface area contributed by atoms with E-state index in [0.717, 1.165) is 23.3 Å². The van der Waals surface area contributed by atoms with E-state index >= 15 is 4.39 Å². The van der Waals surface area contributed by atoms with Crippen LogP contribution in [0.4, 0.5) is 17.6 Å². The molecule has 3 aromatic heterocycles. The molecule has 3 aromatic rings. The summed E-state index contributed by atoms with van der Waals surface area (Å²) in [6.45, 7) is 0.640. The SMILES string of the molecule is O=C(N[C@H]1CC[C@](F)(CCN2CCc3ccc(OCC(F)(F)F)nc3CC2)CC1)c1cccn2nccc12. The minimum absolute atomic E-state index is 0.0250. The third-order valence-electron chi connectivity index (χ3n) is 7.56. The molecule has 38 heavy (non-hydrogen) atoms. The van der Waals surface area contributed by atoms with Gasteiger partial charge in [0, 0.05) is 50.1 Å². The lowest BCUT2D eigenvalue weighted by Crippen LogP contribution is -2.43. The summed E-state index contributed by atoms with van der Waals surface area (Å²) in [5.41, 5.74) is 1.75. The Morgan fingerprint density at radius 3 is 2.71 bits per heavy atom. The predicted molar refractivity (Wildman–Crippen MR) is 133 cm³/mol. The highest BCUT2D eigenvalue weighted by Gasteiger charge is 2.36.